The number of amides is 1. The van der Waals surface area contributed by atoms with E-state index in [0.717, 1.165) is 36.8 Å². The molecule has 1 aliphatic rings. The molecule has 5 nitrogen and oxygen atoms in total. The summed E-state index contributed by atoms with van der Waals surface area (Å²) in [6.07, 6.45) is 4.71. The average Bonchev–Trinajstić information content (AvgIpc) is 2.55. The first-order chi connectivity index (χ1) is 11.5. The number of carbonyl (C=O) groups is 2. The Hall–Kier alpha value is -2.04. The van der Waals surface area contributed by atoms with Gasteiger partial charge in [-0.25, -0.2) is 4.79 Å². The van der Waals surface area contributed by atoms with Crippen LogP contribution in [0.1, 0.15) is 50.2 Å². The fourth-order valence-electron chi connectivity index (χ4n) is 3.01. The second-order valence-corrected chi connectivity index (χ2v) is 6.49. The van der Waals surface area contributed by atoms with Gasteiger partial charge in [0.05, 0.1) is 0 Å². The van der Waals surface area contributed by atoms with Crippen molar-refractivity contribution in [2.45, 2.75) is 65.0 Å². The molecule has 0 aromatic heterocycles. The Kier molecular flexibility index (Phi) is 6.64. The van der Waals surface area contributed by atoms with Gasteiger partial charge < -0.3 is 14.8 Å². The first-order valence-electron chi connectivity index (χ1n) is 8.66. The first-order valence-corrected chi connectivity index (χ1v) is 8.66. The number of rotatable bonds is 6. The largest absolute Gasteiger partial charge is 0.481 e. The van der Waals surface area contributed by atoms with Crippen LogP contribution in [0.15, 0.2) is 18.2 Å². The minimum absolute atomic E-state index is 0.202. The zero-order chi connectivity index (χ0) is 17.5. The van der Waals surface area contributed by atoms with Crippen molar-refractivity contribution in [3.8, 4) is 5.75 Å². The highest BCUT2D eigenvalue weighted by atomic mass is 16.6. The third kappa shape index (κ3) is 5.25. The maximum absolute atomic E-state index is 12.1. The van der Waals surface area contributed by atoms with Crippen LogP contribution in [0.2, 0.25) is 0 Å². The fourth-order valence-corrected chi connectivity index (χ4v) is 3.01. The van der Waals surface area contributed by atoms with Crippen LogP contribution in [-0.4, -0.2) is 30.6 Å². The summed E-state index contributed by atoms with van der Waals surface area (Å²) in [6, 6.07) is 5.99. The van der Waals surface area contributed by atoms with Crippen LogP contribution in [0.3, 0.4) is 0 Å². The van der Waals surface area contributed by atoms with Gasteiger partial charge in [-0.1, -0.05) is 37.5 Å². The molecular formula is C19H27NO4. The van der Waals surface area contributed by atoms with Crippen molar-refractivity contribution in [2.75, 3.05) is 6.61 Å². The Labute approximate surface area is 143 Å². The highest BCUT2D eigenvalue weighted by molar-refractivity contribution is 5.83. The van der Waals surface area contributed by atoms with Crippen LogP contribution in [0, 0.1) is 13.8 Å². The van der Waals surface area contributed by atoms with Crippen LogP contribution in [0.4, 0.5) is 0 Å². The lowest BCUT2D eigenvalue weighted by atomic mass is 9.95. The van der Waals surface area contributed by atoms with E-state index >= 15 is 0 Å². The quantitative estimate of drug-likeness (QED) is 0.813. The van der Waals surface area contributed by atoms with Crippen molar-refractivity contribution in [2.24, 2.45) is 0 Å². The molecule has 1 aliphatic carbocycles. The molecule has 0 heterocycles. The van der Waals surface area contributed by atoms with Gasteiger partial charge in [-0.2, -0.15) is 0 Å². The van der Waals surface area contributed by atoms with Gasteiger partial charge in [-0.05, 0) is 44.7 Å². The van der Waals surface area contributed by atoms with Crippen LogP contribution < -0.4 is 10.1 Å². The molecule has 132 valence electrons. The number of para-hydroxylation sites is 1. The molecule has 0 bridgehead atoms. The fraction of sp³-hybridized carbons (Fsp3) is 0.579. The Balaban J connectivity index is 1.77. The van der Waals surface area contributed by atoms with E-state index in [1.807, 2.05) is 32.0 Å². The van der Waals surface area contributed by atoms with Gasteiger partial charge in [0.25, 0.3) is 5.91 Å². The number of nitrogens with one attached hydrogen (secondary N) is 1. The van der Waals surface area contributed by atoms with E-state index in [-0.39, 0.29) is 18.6 Å². The molecule has 1 unspecified atom stereocenters. The van der Waals surface area contributed by atoms with Crippen molar-refractivity contribution in [1.82, 2.24) is 5.32 Å². The number of hydrogen-bond acceptors (Lipinski definition) is 4. The number of ether oxygens (including phenoxy) is 2. The van der Waals surface area contributed by atoms with Gasteiger partial charge in [0.1, 0.15) is 5.75 Å². The van der Waals surface area contributed by atoms with Crippen molar-refractivity contribution in [3.05, 3.63) is 29.3 Å². The molecule has 1 N–H and O–H groups in total. The maximum atomic E-state index is 12.1. The highest BCUT2D eigenvalue weighted by Gasteiger charge is 2.22. The lowest BCUT2D eigenvalue weighted by molar-refractivity contribution is -0.156. The summed E-state index contributed by atoms with van der Waals surface area (Å²) in [5, 5.41) is 2.96. The molecule has 1 atom stereocenters. The Morgan fingerprint density at radius 2 is 1.79 bits per heavy atom. The molecule has 1 aromatic carbocycles. The van der Waals surface area contributed by atoms with Crippen LogP contribution >= 0.6 is 0 Å². The summed E-state index contributed by atoms with van der Waals surface area (Å²) in [5.41, 5.74) is 1.93. The third-order valence-corrected chi connectivity index (χ3v) is 4.37. The lowest BCUT2D eigenvalue weighted by Crippen LogP contribution is -2.43. The van der Waals surface area contributed by atoms with Crippen LogP contribution in [0.5, 0.6) is 5.75 Å². The monoisotopic (exact) mass is 333 g/mol. The summed E-state index contributed by atoms with van der Waals surface area (Å²) in [4.78, 5) is 24.0. The smallest absolute Gasteiger partial charge is 0.344 e. The van der Waals surface area contributed by atoms with Gasteiger partial charge in [0.15, 0.2) is 12.7 Å². The predicted molar refractivity (Wildman–Crippen MR) is 92.0 cm³/mol. The number of aryl methyl sites for hydroxylation is 2. The van der Waals surface area contributed by atoms with E-state index in [9.17, 15) is 9.59 Å². The SMILES string of the molecule is Cc1cccc(C)c1OCC(=O)OC(C)C(=O)NC1CCCCC1. The van der Waals surface area contributed by atoms with Gasteiger partial charge in [0, 0.05) is 6.04 Å². The van der Waals surface area contributed by atoms with E-state index < -0.39 is 12.1 Å². The summed E-state index contributed by atoms with van der Waals surface area (Å²) in [5.74, 6) is -0.0833. The van der Waals surface area contributed by atoms with E-state index in [2.05, 4.69) is 5.32 Å². The summed E-state index contributed by atoms with van der Waals surface area (Å²) in [6.45, 7) is 5.24. The zero-order valence-corrected chi connectivity index (χ0v) is 14.8. The second kappa shape index (κ2) is 8.71. The molecule has 1 aromatic rings. The molecule has 0 radical (unpaired) electrons. The highest BCUT2D eigenvalue weighted by Crippen LogP contribution is 2.22. The van der Waals surface area contributed by atoms with Gasteiger partial charge in [0.2, 0.25) is 0 Å². The van der Waals surface area contributed by atoms with Crippen LogP contribution in [0.25, 0.3) is 0 Å². The lowest BCUT2D eigenvalue weighted by Gasteiger charge is -2.24. The van der Waals surface area contributed by atoms with E-state index in [4.69, 9.17) is 9.47 Å². The van der Waals surface area contributed by atoms with E-state index in [1.165, 1.54) is 6.42 Å². The third-order valence-electron chi connectivity index (χ3n) is 4.37. The normalized spacial score (nSPS) is 16.3. The summed E-state index contributed by atoms with van der Waals surface area (Å²) in [7, 11) is 0. The second-order valence-electron chi connectivity index (χ2n) is 6.49. The molecule has 0 aliphatic heterocycles. The Morgan fingerprint density at radius 1 is 1.17 bits per heavy atom. The number of hydrogen-bond donors (Lipinski definition) is 1. The molecular weight excluding hydrogens is 306 g/mol. The maximum Gasteiger partial charge on any atom is 0.344 e. The molecule has 2 rings (SSSR count). The van der Waals surface area contributed by atoms with Crippen molar-refractivity contribution in [3.63, 3.8) is 0 Å². The standard InChI is InChI=1S/C19H27NO4/c1-13-8-7-9-14(2)18(13)23-12-17(21)24-15(3)19(22)20-16-10-5-4-6-11-16/h7-9,15-16H,4-6,10-12H2,1-3H3,(H,20,22). The predicted octanol–water partition coefficient (Wildman–Crippen LogP) is 3.06. The minimum Gasteiger partial charge on any atom is -0.481 e. The number of benzene rings is 1. The van der Waals surface area contributed by atoms with Gasteiger partial charge in [-0.3, -0.25) is 4.79 Å². The minimum atomic E-state index is -0.805. The van der Waals surface area contributed by atoms with Crippen LogP contribution in [-0.2, 0) is 14.3 Å². The molecule has 5 heteroatoms. The molecule has 1 amide bonds. The summed E-state index contributed by atoms with van der Waals surface area (Å²) >= 11 is 0. The average molecular weight is 333 g/mol. The molecule has 0 saturated heterocycles. The molecule has 24 heavy (non-hydrogen) atoms. The Bertz CT molecular complexity index is 558. The van der Waals surface area contributed by atoms with Crippen molar-refractivity contribution >= 4 is 11.9 Å². The number of carbonyl (C=O) groups excluding carboxylic acids is 2. The summed E-state index contributed by atoms with van der Waals surface area (Å²) < 4.78 is 10.7. The Morgan fingerprint density at radius 3 is 2.42 bits per heavy atom. The topological polar surface area (TPSA) is 64.6 Å². The molecule has 1 fully saturated rings. The first kappa shape index (κ1) is 18.3. The van der Waals surface area contributed by atoms with Gasteiger partial charge in [-0.15, -0.1) is 0 Å². The molecule has 1 saturated carbocycles. The van der Waals surface area contributed by atoms with E-state index in [1.54, 1.807) is 6.92 Å². The zero-order valence-electron chi connectivity index (χ0n) is 14.8. The van der Waals surface area contributed by atoms with Crippen molar-refractivity contribution < 1.29 is 19.1 Å². The van der Waals surface area contributed by atoms with E-state index in [0.29, 0.717) is 5.75 Å². The van der Waals surface area contributed by atoms with Crippen molar-refractivity contribution in [1.29, 1.82) is 0 Å². The van der Waals surface area contributed by atoms with Gasteiger partial charge >= 0.3 is 5.97 Å². The number of esters is 1. The molecule has 0 spiro atoms.